The molecule has 2 atom stereocenters. The van der Waals surface area contributed by atoms with Gasteiger partial charge in [-0.2, -0.15) is 0 Å². The van der Waals surface area contributed by atoms with Crippen molar-refractivity contribution in [1.82, 2.24) is 10.6 Å². The van der Waals surface area contributed by atoms with Gasteiger partial charge in [-0.15, -0.1) is 0 Å². The van der Waals surface area contributed by atoms with Crippen molar-refractivity contribution in [2.24, 2.45) is 0 Å². The van der Waals surface area contributed by atoms with Crippen molar-refractivity contribution in [3.05, 3.63) is 0 Å². The Balaban J connectivity index is 1.78. The van der Waals surface area contributed by atoms with E-state index in [1.807, 2.05) is 0 Å². The lowest BCUT2D eigenvalue weighted by Gasteiger charge is -2.26. The quantitative estimate of drug-likeness (QED) is 0.603. The number of nitrogens with one attached hydrogen (secondary N) is 2. The van der Waals surface area contributed by atoms with Gasteiger partial charge < -0.3 is 30.0 Å². The molecule has 2 aliphatic heterocycles. The highest BCUT2D eigenvalue weighted by atomic mass is 16.6. The van der Waals surface area contributed by atoms with Gasteiger partial charge in [-0.05, 0) is 0 Å². The molecular formula is C11H18N2O6. The van der Waals surface area contributed by atoms with Crippen LogP contribution in [0.5, 0.6) is 0 Å². The van der Waals surface area contributed by atoms with Crippen molar-refractivity contribution in [1.29, 1.82) is 0 Å². The summed E-state index contributed by atoms with van der Waals surface area (Å²) in [6.07, 6.45) is 0.0683. The second-order valence-electron chi connectivity index (χ2n) is 4.59. The molecule has 0 aromatic heterocycles. The van der Waals surface area contributed by atoms with Crippen molar-refractivity contribution in [2.75, 3.05) is 39.6 Å². The summed E-state index contributed by atoms with van der Waals surface area (Å²) >= 11 is 0. The minimum Gasteiger partial charge on any atom is -0.479 e. The molecule has 0 saturated carbocycles. The van der Waals surface area contributed by atoms with E-state index < -0.39 is 17.5 Å². The summed E-state index contributed by atoms with van der Waals surface area (Å²) in [6.45, 7) is 2.07. The molecule has 2 fully saturated rings. The number of ether oxygens (including phenoxy) is 3. The zero-order valence-electron chi connectivity index (χ0n) is 10.5. The lowest BCUT2D eigenvalue weighted by Crippen LogP contribution is -2.58. The van der Waals surface area contributed by atoms with Gasteiger partial charge in [0.2, 0.25) is 0 Å². The van der Waals surface area contributed by atoms with Crippen LogP contribution in [0.15, 0.2) is 0 Å². The van der Waals surface area contributed by atoms with Crippen LogP contribution in [0.4, 0.5) is 4.79 Å². The number of carbonyl (C=O) groups excluding carboxylic acids is 1. The maximum Gasteiger partial charge on any atom is 0.332 e. The molecule has 2 amide bonds. The number of hydrogen-bond acceptors (Lipinski definition) is 5. The van der Waals surface area contributed by atoms with Crippen molar-refractivity contribution in [2.45, 2.75) is 18.1 Å². The fraction of sp³-hybridized carbons (Fsp3) is 0.818. The number of carboxylic acid groups (broad SMARTS) is 1. The predicted octanol–water partition coefficient (Wildman–Crippen LogP) is -1.06. The molecule has 2 heterocycles. The number of carbonyl (C=O) groups is 2. The fourth-order valence-corrected chi connectivity index (χ4v) is 2.01. The monoisotopic (exact) mass is 274 g/mol. The summed E-state index contributed by atoms with van der Waals surface area (Å²) in [4.78, 5) is 22.9. The van der Waals surface area contributed by atoms with Crippen LogP contribution in [0.25, 0.3) is 0 Å². The first-order valence-corrected chi connectivity index (χ1v) is 6.19. The highest BCUT2D eigenvalue weighted by Crippen LogP contribution is 2.18. The Kier molecular flexibility index (Phi) is 4.56. The van der Waals surface area contributed by atoms with Crippen molar-refractivity contribution in [3.8, 4) is 0 Å². The average molecular weight is 274 g/mol. The van der Waals surface area contributed by atoms with Crippen LogP contribution in [-0.4, -0.2) is 68.3 Å². The second-order valence-corrected chi connectivity index (χ2v) is 4.59. The molecule has 2 unspecified atom stereocenters. The molecule has 2 saturated heterocycles. The largest absolute Gasteiger partial charge is 0.479 e. The van der Waals surface area contributed by atoms with Crippen LogP contribution in [0, 0.1) is 0 Å². The molecule has 0 aromatic carbocycles. The summed E-state index contributed by atoms with van der Waals surface area (Å²) in [5, 5.41) is 14.2. The Bertz CT molecular complexity index is 336. The summed E-state index contributed by atoms with van der Waals surface area (Å²) in [5.74, 6) is -1.09. The number of aliphatic carboxylic acids is 1. The Morgan fingerprint density at radius 3 is 2.68 bits per heavy atom. The molecule has 2 rings (SSSR count). The third kappa shape index (κ3) is 3.55. The van der Waals surface area contributed by atoms with Gasteiger partial charge in [-0.25, -0.2) is 9.59 Å². The molecule has 3 N–H and O–H groups in total. The topological polar surface area (TPSA) is 106 Å². The molecule has 0 aliphatic carbocycles. The summed E-state index contributed by atoms with van der Waals surface area (Å²) in [5.41, 5.74) is -1.33. The van der Waals surface area contributed by atoms with Gasteiger partial charge >= 0.3 is 12.0 Å². The first kappa shape index (κ1) is 14.0. The minimum absolute atomic E-state index is 0.0151. The molecular weight excluding hydrogens is 256 g/mol. The summed E-state index contributed by atoms with van der Waals surface area (Å²) in [7, 11) is 0. The van der Waals surface area contributed by atoms with E-state index >= 15 is 0 Å². The average Bonchev–Trinajstić information content (AvgIpc) is 2.87. The molecule has 0 radical (unpaired) electrons. The van der Waals surface area contributed by atoms with Crippen LogP contribution in [-0.2, 0) is 19.0 Å². The van der Waals surface area contributed by atoms with E-state index in [4.69, 9.17) is 19.3 Å². The van der Waals surface area contributed by atoms with Crippen LogP contribution in [0.3, 0.4) is 0 Å². The van der Waals surface area contributed by atoms with Crippen LogP contribution in [0.1, 0.15) is 6.42 Å². The van der Waals surface area contributed by atoms with Crippen molar-refractivity contribution >= 4 is 12.0 Å². The molecule has 19 heavy (non-hydrogen) atoms. The van der Waals surface area contributed by atoms with Crippen LogP contribution in [0.2, 0.25) is 0 Å². The predicted molar refractivity (Wildman–Crippen MR) is 62.9 cm³/mol. The standard InChI is InChI=1S/C11H18N2O6/c14-9(15)11(1-2-18-7-11)13-10(16)12-5-8-6-17-3-4-19-8/h8H,1-7H2,(H,14,15)(H2,12,13,16). The summed E-state index contributed by atoms with van der Waals surface area (Å²) < 4.78 is 15.6. The number of urea groups is 1. The Labute approximate surface area is 110 Å². The maximum absolute atomic E-state index is 11.7. The van der Waals surface area contributed by atoms with E-state index in [9.17, 15) is 9.59 Å². The van der Waals surface area contributed by atoms with Gasteiger partial charge in [0, 0.05) is 19.6 Å². The zero-order valence-corrected chi connectivity index (χ0v) is 10.5. The number of carboxylic acids is 1. The van der Waals surface area contributed by atoms with E-state index in [1.165, 1.54) is 0 Å². The Hall–Kier alpha value is -1.38. The van der Waals surface area contributed by atoms with E-state index in [0.717, 1.165) is 0 Å². The summed E-state index contributed by atoms with van der Waals surface area (Å²) in [6, 6.07) is -0.540. The van der Waals surface area contributed by atoms with Gasteiger partial charge in [-0.1, -0.05) is 0 Å². The fourth-order valence-electron chi connectivity index (χ4n) is 2.01. The highest BCUT2D eigenvalue weighted by molar-refractivity contribution is 5.86. The van der Waals surface area contributed by atoms with Gasteiger partial charge in [0.1, 0.15) is 0 Å². The maximum atomic E-state index is 11.7. The first-order chi connectivity index (χ1) is 9.12. The molecule has 8 nitrogen and oxygen atoms in total. The molecule has 108 valence electrons. The third-order valence-corrected chi connectivity index (χ3v) is 3.16. The Morgan fingerprint density at radius 1 is 1.26 bits per heavy atom. The number of rotatable bonds is 4. The number of amides is 2. The van der Waals surface area contributed by atoms with E-state index in [1.54, 1.807) is 0 Å². The molecule has 2 aliphatic rings. The van der Waals surface area contributed by atoms with Crippen molar-refractivity contribution < 1.29 is 28.9 Å². The smallest absolute Gasteiger partial charge is 0.332 e. The lowest BCUT2D eigenvalue weighted by molar-refractivity contribution is -0.144. The van der Waals surface area contributed by atoms with E-state index in [-0.39, 0.29) is 25.7 Å². The van der Waals surface area contributed by atoms with Gasteiger partial charge in [0.05, 0.1) is 32.5 Å². The SMILES string of the molecule is O=C(NCC1COCCO1)NC1(C(=O)O)CCOC1. The van der Waals surface area contributed by atoms with Crippen molar-refractivity contribution in [3.63, 3.8) is 0 Å². The Morgan fingerprint density at radius 2 is 2.11 bits per heavy atom. The first-order valence-electron chi connectivity index (χ1n) is 6.19. The molecule has 0 spiro atoms. The minimum atomic E-state index is -1.33. The number of hydrogen-bond donors (Lipinski definition) is 3. The van der Waals surface area contributed by atoms with Gasteiger partial charge in [0.25, 0.3) is 0 Å². The third-order valence-electron chi connectivity index (χ3n) is 3.16. The molecule has 0 bridgehead atoms. The van der Waals surface area contributed by atoms with E-state index in [0.29, 0.717) is 26.4 Å². The lowest BCUT2D eigenvalue weighted by atomic mass is 9.99. The molecule has 0 aromatic rings. The van der Waals surface area contributed by atoms with Gasteiger partial charge in [-0.3, -0.25) is 0 Å². The highest BCUT2D eigenvalue weighted by Gasteiger charge is 2.44. The normalized spacial score (nSPS) is 30.8. The van der Waals surface area contributed by atoms with E-state index in [2.05, 4.69) is 10.6 Å². The zero-order chi connectivity index (χ0) is 13.7. The second kappa shape index (κ2) is 6.18. The van der Waals surface area contributed by atoms with Crippen LogP contribution < -0.4 is 10.6 Å². The van der Waals surface area contributed by atoms with Crippen LogP contribution >= 0.6 is 0 Å². The van der Waals surface area contributed by atoms with Gasteiger partial charge in [0.15, 0.2) is 5.54 Å². The molecule has 8 heteroatoms.